The van der Waals surface area contributed by atoms with E-state index in [9.17, 15) is 4.79 Å². The van der Waals surface area contributed by atoms with Crippen molar-refractivity contribution in [2.45, 2.75) is 30.4 Å². The summed E-state index contributed by atoms with van der Waals surface area (Å²) in [5, 5.41) is 11.6. The van der Waals surface area contributed by atoms with Crippen LogP contribution in [0.15, 0.2) is 64.2 Å². The van der Waals surface area contributed by atoms with Gasteiger partial charge in [0, 0.05) is 11.6 Å². The Balaban J connectivity index is 1.52. The molecule has 1 amide bonds. The van der Waals surface area contributed by atoms with Crippen LogP contribution in [0.4, 0.5) is 0 Å². The lowest BCUT2D eigenvalue weighted by molar-refractivity contribution is -0.120. The molecule has 3 rings (SSSR count). The third kappa shape index (κ3) is 5.09. The molecule has 0 radical (unpaired) electrons. The number of benzene rings is 2. The zero-order chi connectivity index (χ0) is 18.4. The van der Waals surface area contributed by atoms with Crippen molar-refractivity contribution in [1.82, 2.24) is 15.5 Å². The summed E-state index contributed by atoms with van der Waals surface area (Å²) in [5.41, 5.74) is 1.97. The SMILES string of the molecule is C[C@H](Sc1nnc(Cc2ccccc2)o1)C(=O)NCc1ccccc1Cl. The van der Waals surface area contributed by atoms with Crippen LogP contribution in [-0.2, 0) is 17.8 Å². The highest BCUT2D eigenvalue weighted by Crippen LogP contribution is 2.23. The molecule has 0 spiro atoms. The Labute approximate surface area is 161 Å². The van der Waals surface area contributed by atoms with E-state index in [2.05, 4.69) is 15.5 Å². The molecule has 1 atom stereocenters. The fourth-order valence-electron chi connectivity index (χ4n) is 2.30. The topological polar surface area (TPSA) is 68.0 Å². The maximum atomic E-state index is 12.3. The molecule has 0 aliphatic carbocycles. The number of nitrogens with zero attached hydrogens (tertiary/aromatic N) is 2. The van der Waals surface area contributed by atoms with Crippen LogP contribution in [0.3, 0.4) is 0 Å². The lowest BCUT2D eigenvalue weighted by Gasteiger charge is -2.10. The monoisotopic (exact) mass is 387 g/mol. The van der Waals surface area contributed by atoms with Crippen molar-refractivity contribution in [2.24, 2.45) is 0 Å². The first-order valence-electron chi connectivity index (χ1n) is 8.16. The predicted molar refractivity (Wildman–Crippen MR) is 102 cm³/mol. The minimum absolute atomic E-state index is 0.113. The van der Waals surface area contributed by atoms with Crippen LogP contribution in [0.2, 0.25) is 5.02 Å². The van der Waals surface area contributed by atoms with Gasteiger partial charge in [0.2, 0.25) is 11.8 Å². The Hall–Kier alpha value is -2.31. The Bertz CT molecular complexity index is 870. The summed E-state index contributed by atoms with van der Waals surface area (Å²) in [6.45, 7) is 2.18. The van der Waals surface area contributed by atoms with E-state index >= 15 is 0 Å². The van der Waals surface area contributed by atoms with Crippen molar-refractivity contribution in [1.29, 1.82) is 0 Å². The van der Waals surface area contributed by atoms with Crippen LogP contribution in [0.5, 0.6) is 0 Å². The number of hydrogen-bond donors (Lipinski definition) is 1. The van der Waals surface area contributed by atoms with Crippen LogP contribution >= 0.6 is 23.4 Å². The van der Waals surface area contributed by atoms with Gasteiger partial charge in [-0.2, -0.15) is 0 Å². The largest absolute Gasteiger partial charge is 0.416 e. The molecule has 2 aromatic carbocycles. The van der Waals surface area contributed by atoms with Crippen molar-refractivity contribution < 1.29 is 9.21 Å². The first-order valence-corrected chi connectivity index (χ1v) is 9.41. The molecule has 7 heteroatoms. The Morgan fingerprint density at radius 1 is 1.15 bits per heavy atom. The van der Waals surface area contributed by atoms with Gasteiger partial charge in [-0.25, -0.2) is 0 Å². The van der Waals surface area contributed by atoms with Crippen LogP contribution in [-0.4, -0.2) is 21.4 Å². The van der Waals surface area contributed by atoms with E-state index in [0.29, 0.717) is 29.1 Å². The summed E-state index contributed by atoms with van der Waals surface area (Å²) >= 11 is 7.33. The van der Waals surface area contributed by atoms with Crippen LogP contribution in [0.1, 0.15) is 23.9 Å². The summed E-state index contributed by atoms with van der Waals surface area (Å²) in [6.07, 6.45) is 0.571. The first-order chi connectivity index (χ1) is 12.6. The predicted octanol–water partition coefficient (Wildman–Crippen LogP) is 4.11. The number of amides is 1. The zero-order valence-corrected chi connectivity index (χ0v) is 15.8. The second-order valence-corrected chi connectivity index (χ2v) is 7.39. The Kier molecular flexibility index (Phi) is 6.30. The normalized spacial score (nSPS) is 11.9. The molecule has 0 aliphatic rings. The molecule has 26 heavy (non-hydrogen) atoms. The number of carbonyl (C=O) groups is 1. The van der Waals surface area contributed by atoms with Crippen molar-refractivity contribution >= 4 is 29.3 Å². The van der Waals surface area contributed by atoms with Crippen LogP contribution in [0.25, 0.3) is 0 Å². The highest BCUT2D eigenvalue weighted by Gasteiger charge is 2.18. The molecule has 0 saturated heterocycles. The summed E-state index contributed by atoms with van der Waals surface area (Å²) in [4.78, 5) is 12.3. The number of aromatic nitrogens is 2. The fraction of sp³-hybridized carbons (Fsp3) is 0.211. The summed E-state index contributed by atoms with van der Waals surface area (Å²) in [6, 6.07) is 17.3. The van der Waals surface area contributed by atoms with Gasteiger partial charge >= 0.3 is 0 Å². The van der Waals surface area contributed by atoms with E-state index in [-0.39, 0.29) is 11.2 Å². The van der Waals surface area contributed by atoms with Crippen molar-refractivity contribution in [3.8, 4) is 0 Å². The average molecular weight is 388 g/mol. The van der Waals surface area contributed by atoms with Gasteiger partial charge < -0.3 is 9.73 Å². The molecule has 1 N–H and O–H groups in total. The number of carbonyl (C=O) groups excluding carboxylic acids is 1. The van der Waals surface area contributed by atoms with E-state index in [1.807, 2.05) is 48.5 Å². The second kappa shape index (κ2) is 8.87. The molecule has 0 saturated carbocycles. The standard InChI is InChI=1S/C19H18ClN3O2S/c1-13(18(24)21-12-15-9-5-6-10-16(15)20)26-19-23-22-17(25-19)11-14-7-3-2-4-8-14/h2-10,13H,11-12H2,1H3,(H,21,24)/t13-/m0/s1. The van der Waals surface area contributed by atoms with Gasteiger partial charge in [0.15, 0.2) is 0 Å². The van der Waals surface area contributed by atoms with Crippen molar-refractivity contribution in [3.05, 3.63) is 76.6 Å². The van der Waals surface area contributed by atoms with Gasteiger partial charge in [0.05, 0.1) is 11.7 Å². The molecule has 0 aliphatic heterocycles. The zero-order valence-electron chi connectivity index (χ0n) is 14.2. The highest BCUT2D eigenvalue weighted by atomic mass is 35.5. The number of thioether (sulfide) groups is 1. The molecular weight excluding hydrogens is 370 g/mol. The van der Waals surface area contributed by atoms with Gasteiger partial charge in [0.25, 0.3) is 5.22 Å². The van der Waals surface area contributed by atoms with Gasteiger partial charge in [-0.05, 0) is 24.1 Å². The lowest BCUT2D eigenvalue weighted by atomic mass is 10.2. The molecule has 1 heterocycles. The molecular formula is C19H18ClN3O2S. The lowest BCUT2D eigenvalue weighted by Crippen LogP contribution is -2.30. The van der Waals surface area contributed by atoms with Crippen molar-refractivity contribution in [2.75, 3.05) is 0 Å². The third-order valence-electron chi connectivity index (χ3n) is 3.70. The van der Waals surface area contributed by atoms with E-state index < -0.39 is 0 Å². The summed E-state index contributed by atoms with van der Waals surface area (Å²) < 4.78 is 5.63. The Morgan fingerprint density at radius 3 is 2.65 bits per heavy atom. The number of hydrogen-bond acceptors (Lipinski definition) is 5. The molecule has 1 aromatic heterocycles. The third-order valence-corrected chi connectivity index (χ3v) is 5.01. The number of halogens is 1. The molecule has 5 nitrogen and oxygen atoms in total. The second-order valence-electron chi connectivity index (χ2n) is 5.69. The maximum absolute atomic E-state index is 12.3. The average Bonchev–Trinajstić information content (AvgIpc) is 3.08. The van der Waals surface area contributed by atoms with Crippen LogP contribution < -0.4 is 5.32 Å². The van der Waals surface area contributed by atoms with E-state index in [4.69, 9.17) is 16.0 Å². The Morgan fingerprint density at radius 2 is 1.88 bits per heavy atom. The smallest absolute Gasteiger partial charge is 0.277 e. The van der Waals surface area contributed by atoms with Gasteiger partial charge in [-0.1, -0.05) is 71.9 Å². The van der Waals surface area contributed by atoms with Crippen molar-refractivity contribution in [3.63, 3.8) is 0 Å². The minimum atomic E-state index is -0.359. The van der Waals surface area contributed by atoms with E-state index in [1.54, 1.807) is 13.0 Å². The quantitative estimate of drug-likeness (QED) is 0.618. The number of nitrogens with one attached hydrogen (secondary N) is 1. The molecule has 0 unspecified atom stereocenters. The maximum Gasteiger partial charge on any atom is 0.277 e. The molecule has 0 bridgehead atoms. The fourth-order valence-corrected chi connectivity index (χ4v) is 3.23. The van der Waals surface area contributed by atoms with E-state index in [0.717, 1.165) is 11.1 Å². The van der Waals surface area contributed by atoms with Gasteiger partial charge in [-0.3, -0.25) is 4.79 Å². The van der Waals surface area contributed by atoms with Crippen LogP contribution in [0, 0.1) is 0 Å². The summed E-state index contributed by atoms with van der Waals surface area (Å²) in [5.74, 6) is 0.417. The van der Waals surface area contributed by atoms with Gasteiger partial charge in [-0.15, -0.1) is 10.2 Å². The first kappa shape index (κ1) is 18.5. The minimum Gasteiger partial charge on any atom is -0.416 e. The van der Waals surface area contributed by atoms with E-state index in [1.165, 1.54) is 11.8 Å². The molecule has 3 aromatic rings. The van der Waals surface area contributed by atoms with Gasteiger partial charge in [0.1, 0.15) is 0 Å². The molecule has 0 fully saturated rings. The summed E-state index contributed by atoms with van der Waals surface area (Å²) in [7, 11) is 0. The number of rotatable bonds is 7. The highest BCUT2D eigenvalue weighted by molar-refractivity contribution is 8.00. The molecule has 134 valence electrons.